The lowest BCUT2D eigenvalue weighted by molar-refractivity contribution is -0.0542. The number of aromatic amines is 2. The van der Waals surface area contributed by atoms with Crippen molar-refractivity contribution in [1.29, 1.82) is 0 Å². The number of nitrogens with zero attached hydrogens (tertiary/aromatic N) is 4. The topological polar surface area (TPSA) is 439 Å². The molecule has 2 aliphatic rings. The van der Waals surface area contributed by atoms with Gasteiger partial charge in [-0.25, -0.2) is 28.0 Å². The van der Waals surface area contributed by atoms with Crippen LogP contribution < -0.4 is 22.5 Å². The number of hydrogen-bond donors (Lipinski definition) is 11. The molecule has 0 saturated carbocycles. The number of nitrogen functional groups attached to an aromatic ring is 1. The average Bonchev–Trinajstić information content (AvgIpc) is 3.63. The van der Waals surface area contributed by atoms with Gasteiger partial charge < -0.3 is 55.2 Å². The zero-order valence-electron chi connectivity index (χ0n) is 25.2. The van der Waals surface area contributed by atoms with Gasteiger partial charge in [0.05, 0.1) is 19.5 Å². The maximum atomic E-state index is 12.4. The number of aliphatic hydroxyl groups is 4. The van der Waals surface area contributed by atoms with E-state index in [4.69, 9.17) is 15.2 Å². The van der Waals surface area contributed by atoms with Gasteiger partial charge in [0.1, 0.15) is 36.6 Å². The van der Waals surface area contributed by atoms with E-state index in [1.165, 1.54) is 0 Å². The number of rotatable bonds is 14. The van der Waals surface area contributed by atoms with E-state index in [0.29, 0.717) is 4.57 Å². The van der Waals surface area contributed by atoms with E-state index < -0.39 is 110 Å². The Labute approximate surface area is 285 Å². The van der Waals surface area contributed by atoms with Crippen molar-refractivity contribution >= 4 is 48.4 Å². The van der Waals surface area contributed by atoms with E-state index in [1.807, 2.05) is 4.98 Å². The van der Waals surface area contributed by atoms with Crippen molar-refractivity contribution < 1.29 is 89.7 Å². The summed E-state index contributed by atoms with van der Waals surface area (Å²) in [4.78, 5) is 86.3. The molecular weight excluding hydrogens is 802 g/mol. The van der Waals surface area contributed by atoms with Crippen molar-refractivity contribution in [2.45, 2.75) is 49.1 Å². The van der Waals surface area contributed by atoms with Crippen LogP contribution in [0.1, 0.15) is 12.5 Å². The Morgan fingerprint density at radius 2 is 1.23 bits per heavy atom. The third kappa shape index (κ3) is 9.08. The molecule has 3 aromatic rings. The van der Waals surface area contributed by atoms with Crippen molar-refractivity contribution in [3.63, 3.8) is 0 Å². The Kier molecular flexibility index (Phi) is 11.5. The lowest BCUT2D eigenvalue weighted by Gasteiger charge is -2.21. The van der Waals surface area contributed by atoms with Crippen LogP contribution in [-0.4, -0.2) is 119 Å². The summed E-state index contributed by atoms with van der Waals surface area (Å²) in [5.74, 6) is -0.342. The third-order valence-corrected chi connectivity index (χ3v) is 12.9. The second-order valence-electron chi connectivity index (χ2n) is 10.6. The highest BCUT2D eigenvalue weighted by molar-refractivity contribution is 7.69. The Bertz CT molecular complexity index is 2190. The average molecular weight is 829 g/mol. The molecule has 5 heterocycles. The molecule has 0 aliphatic carbocycles. The van der Waals surface area contributed by atoms with Crippen LogP contribution in [0.5, 0.6) is 0 Å². The van der Waals surface area contributed by atoms with Gasteiger partial charge in [0.2, 0.25) is 5.95 Å². The minimum Gasteiger partial charge on any atom is -0.387 e. The summed E-state index contributed by atoms with van der Waals surface area (Å²) in [5.41, 5.74) is 2.44. The maximum Gasteiger partial charge on any atom is 0.490 e. The van der Waals surface area contributed by atoms with E-state index in [1.54, 1.807) is 0 Å². The zero-order valence-corrected chi connectivity index (χ0v) is 28.8. The first-order chi connectivity index (χ1) is 24.0. The Morgan fingerprint density at radius 1 is 0.750 bits per heavy atom. The normalized spacial score (nSPS) is 31.2. The minimum atomic E-state index is -6.24. The number of phosphoric acid groups is 4. The fourth-order valence-electron chi connectivity index (χ4n) is 4.75. The Hall–Kier alpha value is -2.85. The van der Waals surface area contributed by atoms with E-state index in [-0.39, 0.29) is 17.1 Å². The van der Waals surface area contributed by atoms with E-state index >= 15 is 0 Å². The summed E-state index contributed by atoms with van der Waals surface area (Å²) in [5, 5.41) is 41.2. The summed E-state index contributed by atoms with van der Waals surface area (Å²) in [6, 6.07) is 0.869. The molecule has 12 atom stereocenters. The van der Waals surface area contributed by atoms with Gasteiger partial charge in [-0.15, -0.1) is 0 Å². The van der Waals surface area contributed by atoms with Crippen molar-refractivity contribution in [2.75, 3.05) is 18.9 Å². The van der Waals surface area contributed by atoms with Gasteiger partial charge in [0, 0.05) is 12.3 Å². The number of hydrogen-bond acceptors (Lipinski definition) is 21. The molecule has 0 bridgehead atoms. The number of aromatic nitrogens is 6. The van der Waals surface area contributed by atoms with Crippen LogP contribution in [0.25, 0.3) is 11.2 Å². The molecule has 0 radical (unpaired) electrons. The first kappa shape index (κ1) is 40.3. The highest BCUT2D eigenvalue weighted by Gasteiger charge is 2.50. The minimum absolute atomic E-state index is 0.195. The molecule has 5 rings (SSSR count). The number of imidazole rings is 1. The molecule has 0 spiro atoms. The van der Waals surface area contributed by atoms with Crippen LogP contribution in [0.4, 0.5) is 5.95 Å². The van der Waals surface area contributed by atoms with Gasteiger partial charge in [-0.2, -0.15) is 17.9 Å². The smallest absolute Gasteiger partial charge is 0.387 e. The van der Waals surface area contributed by atoms with Gasteiger partial charge in [-0.1, -0.05) is 0 Å². The second kappa shape index (κ2) is 14.8. The zero-order chi connectivity index (χ0) is 38.6. The van der Waals surface area contributed by atoms with Crippen molar-refractivity contribution in [2.24, 2.45) is 0 Å². The monoisotopic (exact) mass is 829 g/mol. The molecule has 52 heavy (non-hydrogen) atoms. The van der Waals surface area contributed by atoms with Crippen LogP contribution in [0, 0.1) is 0 Å². The van der Waals surface area contributed by atoms with Crippen LogP contribution in [-0.2, 0) is 49.7 Å². The summed E-state index contributed by atoms with van der Waals surface area (Å²) < 4.78 is 81.7. The number of ether oxygens (including phenoxy) is 2. The maximum absolute atomic E-state index is 12.4. The predicted molar refractivity (Wildman–Crippen MR) is 160 cm³/mol. The van der Waals surface area contributed by atoms with Crippen LogP contribution in [0.3, 0.4) is 0 Å². The van der Waals surface area contributed by atoms with E-state index in [0.717, 1.165) is 23.2 Å². The van der Waals surface area contributed by atoms with Crippen molar-refractivity contribution in [3.8, 4) is 0 Å². The van der Waals surface area contributed by atoms with Crippen LogP contribution in [0.15, 0.2) is 33.0 Å². The number of nitrogens with one attached hydrogen (secondary N) is 2. The van der Waals surface area contributed by atoms with Crippen molar-refractivity contribution in [3.05, 3.63) is 49.8 Å². The third-order valence-electron chi connectivity index (χ3n) is 6.95. The fourth-order valence-corrected chi connectivity index (χ4v) is 9.71. The second-order valence-corrected chi connectivity index (χ2v) is 16.8. The molecule has 2 fully saturated rings. The van der Waals surface area contributed by atoms with Gasteiger partial charge in [0.25, 0.3) is 11.1 Å². The lowest BCUT2D eigenvalue weighted by atomic mass is 10.1. The fraction of sp³-hybridized carbons (Fsp3) is 0.526. The molecule has 12 N–H and O–H groups in total. The molecule has 4 unspecified atom stereocenters. The summed E-state index contributed by atoms with van der Waals surface area (Å²) in [6.45, 7) is -2.39. The van der Waals surface area contributed by atoms with E-state index in [9.17, 15) is 72.6 Å². The molecule has 33 heteroatoms. The van der Waals surface area contributed by atoms with Crippen LogP contribution >= 0.6 is 31.3 Å². The van der Waals surface area contributed by atoms with Gasteiger partial charge in [0.15, 0.2) is 23.6 Å². The standard InChI is InChI=1S/C19H27N7O22P4/c20-18-23-14-9(15(32)24-18)21-5-26(14)17-13(31)11(29)7(45-17)4-43-50(36,37)47-52(40,41)48-51(38,39)46-49(34,35)42-3-6-10(28)12(30)16(44-6)25-2-1-8(27)22-19(25)33/h1-2,5-7,10-13,16-17,28-31H,3-4H2,(H,34,35)(H,36,37)(H,38,39)(H,40,41)(H,22,27,33)(H3,20,23,24,32)/t6-,7-,10-,11-,12-,13-,16-,17-/m1/s1. The molecule has 290 valence electrons. The molecular formula is C19H27N7O22P4. The Balaban J connectivity index is 1.14. The van der Waals surface area contributed by atoms with Gasteiger partial charge >= 0.3 is 37.0 Å². The predicted octanol–water partition coefficient (Wildman–Crippen LogP) is -4.02. The molecule has 2 saturated heterocycles. The molecule has 0 amide bonds. The van der Waals surface area contributed by atoms with Crippen LogP contribution in [0.2, 0.25) is 0 Å². The number of H-pyrrole nitrogens is 2. The quantitative estimate of drug-likeness (QED) is 0.0689. The highest BCUT2D eigenvalue weighted by Crippen LogP contribution is 2.71. The number of anilines is 1. The number of phosphoric ester groups is 2. The summed E-state index contributed by atoms with van der Waals surface area (Å²) >= 11 is 0. The van der Waals surface area contributed by atoms with Crippen molar-refractivity contribution in [1.82, 2.24) is 29.1 Å². The largest absolute Gasteiger partial charge is 0.490 e. The van der Waals surface area contributed by atoms with Gasteiger partial charge in [-0.3, -0.25) is 37.7 Å². The molecule has 2 aliphatic heterocycles. The first-order valence-electron chi connectivity index (χ1n) is 13.8. The molecule has 29 nitrogen and oxygen atoms in total. The highest BCUT2D eigenvalue weighted by atomic mass is 31.3. The first-order valence-corrected chi connectivity index (χ1v) is 19.8. The molecule has 0 aromatic carbocycles. The summed E-state index contributed by atoms with van der Waals surface area (Å²) in [7, 11) is -24.1. The number of aliphatic hydroxyl groups excluding tert-OH is 4. The Morgan fingerprint density at radius 3 is 1.73 bits per heavy atom. The SMILES string of the molecule is Nc1nc2c(ncn2[C@@H]2O[C@H](COP(=O)(O)OP(=O)(O)OP(=O)(O)OP(=O)(O)OC[C@H]3O[C@@H](n4ccc(=O)[nH]c4=O)[C@H](O)[C@@H]3O)[C@@H](O)[C@H]2O)c(=O)[nH]1. The van der Waals surface area contributed by atoms with E-state index in [2.05, 4.69) is 36.9 Å². The lowest BCUT2D eigenvalue weighted by Crippen LogP contribution is -2.37. The van der Waals surface area contributed by atoms with Gasteiger partial charge in [-0.05, 0) is 0 Å². The number of fused-ring (bicyclic) bond motifs is 1. The number of nitrogens with two attached hydrogens (primary N) is 1. The molecule has 3 aromatic heterocycles. The summed E-state index contributed by atoms with van der Waals surface area (Å²) in [6.07, 6.45) is -12.3.